The van der Waals surface area contributed by atoms with E-state index in [4.69, 9.17) is 5.11 Å². The molecule has 2 rings (SSSR count). The largest absolute Gasteiger partial charge is 0.477 e. The van der Waals surface area contributed by atoms with Crippen molar-refractivity contribution in [1.29, 1.82) is 0 Å². The highest BCUT2D eigenvalue weighted by Gasteiger charge is 2.17. The van der Waals surface area contributed by atoms with Crippen LogP contribution in [-0.4, -0.2) is 28.6 Å². The molecule has 1 aromatic rings. The predicted octanol–water partition coefficient (Wildman–Crippen LogP) is 2.48. The molecule has 2 N–H and O–H groups in total. The summed E-state index contributed by atoms with van der Waals surface area (Å²) in [6.45, 7) is 2.85. The van der Waals surface area contributed by atoms with Crippen LogP contribution in [0.1, 0.15) is 53.0 Å². The fourth-order valence-electron chi connectivity index (χ4n) is 2.43. The number of carboxylic acids is 1. The van der Waals surface area contributed by atoms with Crippen LogP contribution in [0, 0.1) is 0 Å². The Morgan fingerprint density at radius 1 is 1.50 bits per heavy atom. The summed E-state index contributed by atoms with van der Waals surface area (Å²) in [6.07, 6.45) is 6.74. The Bertz CT molecular complexity index is 411. The van der Waals surface area contributed by atoms with E-state index in [1.54, 1.807) is 0 Å². The maximum absolute atomic E-state index is 11.0. The molecule has 5 heteroatoms. The third-order valence-corrected chi connectivity index (χ3v) is 4.54. The summed E-state index contributed by atoms with van der Waals surface area (Å²) in [5.41, 5.74) is 0.725. The molecule has 1 fully saturated rings. The number of nitrogens with one attached hydrogen (secondary N) is 1. The van der Waals surface area contributed by atoms with Crippen molar-refractivity contribution in [3.8, 4) is 0 Å². The normalized spacial score (nSPS) is 16.3. The molecule has 1 heterocycles. The molecule has 0 bridgehead atoms. The summed E-state index contributed by atoms with van der Waals surface area (Å²) >= 11 is 1.32. The van der Waals surface area contributed by atoms with Crippen LogP contribution in [0.3, 0.4) is 0 Å². The van der Waals surface area contributed by atoms with Crippen molar-refractivity contribution in [3.63, 3.8) is 0 Å². The Labute approximate surface area is 111 Å². The van der Waals surface area contributed by atoms with Crippen LogP contribution in [0.2, 0.25) is 0 Å². The molecule has 1 saturated carbocycles. The monoisotopic (exact) mass is 268 g/mol. The fourth-order valence-corrected chi connectivity index (χ4v) is 3.42. The first kappa shape index (κ1) is 13.5. The van der Waals surface area contributed by atoms with Crippen LogP contribution in [0.5, 0.6) is 0 Å². The zero-order valence-corrected chi connectivity index (χ0v) is 11.6. The third-order valence-electron chi connectivity index (χ3n) is 3.40. The summed E-state index contributed by atoms with van der Waals surface area (Å²) in [4.78, 5) is 15.9. The Hall–Kier alpha value is -0.940. The van der Waals surface area contributed by atoms with Crippen molar-refractivity contribution >= 4 is 17.3 Å². The van der Waals surface area contributed by atoms with E-state index < -0.39 is 5.97 Å². The van der Waals surface area contributed by atoms with Crippen molar-refractivity contribution in [3.05, 3.63) is 15.6 Å². The molecule has 1 aliphatic carbocycles. The third kappa shape index (κ3) is 3.29. The minimum Gasteiger partial charge on any atom is -0.477 e. The number of hydrogen-bond donors (Lipinski definition) is 2. The number of carbonyl (C=O) groups is 1. The molecule has 1 aliphatic rings. The van der Waals surface area contributed by atoms with Crippen LogP contribution in [-0.2, 0) is 12.8 Å². The summed E-state index contributed by atoms with van der Waals surface area (Å²) in [5.74, 6) is -0.848. The molecule has 0 atom stereocenters. The first-order valence-electron chi connectivity index (χ1n) is 6.66. The van der Waals surface area contributed by atoms with Gasteiger partial charge in [-0.1, -0.05) is 19.8 Å². The van der Waals surface area contributed by atoms with Crippen LogP contribution in [0.25, 0.3) is 0 Å². The molecule has 0 spiro atoms. The lowest BCUT2D eigenvalue weighted by Crippen LogP contribution is -2.27. The number of thiazole rings is 1. The van der Waals surface area contributed by atoms with Gasteiger partial charge in [0.1, 0.15) is 4.88 Å². The van der Waals surface area contributed by atoms with Gasteiger partial charge in [0.05, 0.1) is 10.7 Å². The number of nitrogens with zero attached hydrogens (tertiary/aromatic N) is 1. The second kappa shape index (κ2) is 6.29. The minimum atomic E-state index is -0.848. The van der Waals surface area contributed by atoms with Gasteiger partial charge in [0, 0.05) is 19.0 Å². The maximum Gasteiger partial charge on any atom is 0.347 e. The number of aryl methyl sites for hydroxylation is 1. The van der Waals surface area contributed by atoms with Crippen molar-refractivity contribution in [2.24, 2.45) is 0 Å². The molecule has 4 nitrogen and oxygen atoms in total. The minimum absolute atomic E-state index is 0.411. The molecule has 0 unspecified atom stereocenters. The molecule has 0 saturated heterocycles. The Balaban J connectivity index is 1.86. The van der Waals surface area contributed by atoms with Crippen LogP contribution < -0.4 is 5.32 Å². The topological polar surface area (TPSA) is 62.2 Å². The Kier molecular flexibility index (Phi) is 4.72. The van der Waals surface area contributed by atoms with Crippen molar-refractivity contribution in [1.82, 2.24) is 10.3 Å². The van der Waals surface area contributed by atoms with Crippen molar-refractivity contribution in [2.45, 2.75) is 51.5 Å². The van der Waals surface area contributed by atoms with Gasteiger partial charge in [0.25, 0.3) is 0 Å². The number of carboxylic acid groups (broad SMARTS) is 1. The highest BCUT2D eigenvalue weighted by Crippen LogP contribution is 2.20. The first-order chi connectivity index (χ1) is 8.70. The van der Waals surface area contributed by atoms with E-state index in [1.165, 1.54) is 37.0 Å². The van der Waals surface area contributed by atoms with Crippen molar-refractivity contribution in [2.75, 3.05) is 6.54 Å². The molecular formula is C13H20N2O2S. The average molecular weight is 268 g/mol. The maximum atomic E-state index is 11.0. The number of hydrogen-bond acceptors (Lipinski definition) is 4. The van der Waals surface area contributed by atoms with Gasteiger partial charge < -0.3 is 10.4 Å². The first-order valence-corrected chi connectivity index (χ1v) is 7.47. The van der Waals surface area contributed by atoms with Crippen molar-refractivity contribution < 1.29 is 9.90 Å². The van der Waals surface area contributed by atoms with Gasteiger partial charge in [0.2, 0.25) is 0 Å². The highest BCUT2D eigenvalue weighted by molar-refractivity contribution is 7.13. The van der Waals surface area contributed by atoms with E-state index in [0.29, 0.717) is 17.3 Å². The highest BCUT2D eigenvalue weighted by atomic mass is 32.1. The zero-order chi connectivity index (χ0) is 13.0. The van der Waals surface area contributed by atoms with Gasteiger partial charge in [-0.25, -0.2) is 9.78 Å². The average Bonchev–Trinajstić information content (AvgIpc) is 2.97. The fraction of sp³-hybridized carbons (Fsp3) is 0.692. The number of aromatic nitrogens is 1. The van der Waals surface area contributed by atoms with Crippen LogP contribution in [0.15, 0.2) is 0 Å². The van der Waals surface area contributed by atoms with Gasteiger partial charge in [-0.05, 0) is 19.3 Å². The second-order valence-electron chi connectivity index (χ2n) is 4.73. The summed E-state index contributed by atoms with van der Waals surface area (Å²) < 4.78 is 0. The zero-order valence-electron chi connectivity index (χ0n) is 10.7. The van der Waals surface area contributed by atoms with Crippen LogP contribution in [0.4, 0.5) is 0 Å². The number of aromatic carboxylic acids is 1. The van der Waals surface area contributed by atoms with Gasteiger partial charge >= 0.3 is 5.97 Å². The smallest absolute Gasteiger partial charge is 0.347 e. The van der Waals surface area contributed by atoms with Crippen LogP contribution >= 0.6 is 11.3 Å². The lowest BCUT2D eigenvalue weighted by molar-refractivity contribution is 0.0701. The predicted molar refractivity (Wildman–Crippen MR) is 72.4 cm³/mol. The lowest BCUT2D eigenvalue weighted by atomic mass is 10.2. The van der Waals surface area contributed by atoms with E-state index in [9.17, 15) is 4.79 Å². The van der Waals surface area contributed by atoms with Gasteiger partial charge in [0.15, 0.2) is 0 Å². The Morgan fingerprint density at radius 2 is 2.22 bits per heavy atom. The summed E-state index contributed by atoms with van der Waals surface area (Å²) in [5, 5.41) is 13.5. The van der Waals surface area contributed by atoms with Gasteiger partial charge in [-0.15, -0.1) is 11.3 Å². The number of rotatable bonds is 6. The second-order valence-corrected chi connectivity index (χ2v) is 5.81. The van der Waals surface area contributed by atoms with E-state index in [-0.39, 0.29) is 0 Å². The summed E-state index contributed by atoms with van der Waals surface area (Å²) in [6, 6.07) is 0.662. The standard InChI is InChI=1S/C13H20N2O2S/c1-2-10-12(13(16)17)18-11(15-10)7-8-14-9-5-3-4-6-9/h9,14H,2-8H2,1H3,(H,16,17). The Morgan fingerprint density at radius 3 is 2.78 bits per heavy atom. The quantitative estimate of drug-likeness (QED) is 0.832. The van der Waals surface area contributed by atoms with E-state index in [2.05, 4.69) is 10.3 Å². The summed E-state index contributed by atoms with van der Waals surface area (Å²) in [7, 11) is 0. The molecule has 0 aromatic carbocycles. The SMILES string of the molecule is CCc1nc(CCNC2CCCC2)sc1C(=O)O. The molecular weight excluding hydrogens is 248 g/mol. The molecule has 18 heavy (non-hydrogen) atoms. The van der Waals surface area contributed by atoms with E-state index in [1.807, 2.05) is 6.92 Å². The molecule has 0 amide bonds. The van der Waals surface area contributed by atoms with E-state index >= 15 is 0 Å². The molecule has 0 aliphatic heterocycles. The molecule has 100 valence electrons. The lowest BCUT2D eigenvalue weighted by Gasteiger charge is -2.10. The van der Waals surface area contributed by atoms with E-state index in [0.717, 1.165) is 23.7 Å². The van der Waals surface area contributed by atoms with Gasteiger partial charge in [-0.2, -0.15) is 0 Å². The molecule has 0 radical (unpaired) electrons. The molecule has 1 aromatic heterocycles. The van der Waals surface area contributed by atoms with Gasteiger partial charge in [-0.3, -0.25) is 0 Å².